The summed E-state index contributed by atoms with van der Waals surface area (Å²) in [5.74, 6) is -0.993. The topological polar surface area (TPSA) is 128 Å². The minimum atomic E-state index is -0.608. The van der Waals surface area contributed by atoms with E-state index in [1.807, 2.05) is 0 Å². The number of amides is 2. The molecular weight excluding hydrogens is 406 g/mol. The summed E-state index contributed by atoms with van der Waals surface area (Å²) in [6.07, 6.45) is 1.35. The molecule has 10 heteroatoms. The first kappa shape index (κ1) is 21.8. The highest BCUT2D eigenvalue weighted by atomic mass is 16.6. The molecule has 1 saturated heterocycles. The standard InChI is InChI=1S/C21H21N3O7/c1-30-18-12-16(24(28)29)8-9-17(18)22-19(25)13-31-21(27)11-14-4-6-15(7-5-14)23-10-2-3-20(23)26/h4-9,12H,2-3,10-11,13H2,1H3,(H,22,25). The summed E-state index contributed by atoms with van der Waals surface area (Å²) in [7, 11) is 1.32. The largest absolute Gasteiger partial charge is 0.494 e. The molecule has 162 valence electrons. The number of hydrogen-bond acceptors (Lipinski definition) is 7. The van der Waals surface area contributed by atoms with Gasteiger partial charge in [0.05, 0.1) is 30.2 Å². The van der Waals surface area contributed by atoms with Gasteiger partial charge in [0, 0.05) is 24.7 Å². The summed E-state index contributed by atoms with van der Waals surface area (Å²) < 4.78 is 10.0. The van der Waals surface area contributed by atoms with Crippen LogP contribution in [0.3, 0.4) is 0 Å². The van der Waals surface area contributed by atoms with Gasteiger partial charge in [-0.05, 0) is 30.2 Å². The van der Waals surface area contributed by atoms with Crippen LogP contribution in [0, 0.1) is 10.1 Å². The van der Waals surface area contributed by atoms with E-state index in [1.165, 1.54) is 25.3 Å². The highest BCUT2D eigenvalue weighted by molar-refractivity contribution is 5.95. The SMILES string of the molecule is COc1cc([N+](=O)[O-])ccc1NC(=O)COC(=O)Cc1ccc(N2CCCC2=O)cc1. The van der Waals surface area contributed by atoms with Crippen molar-refractivity contribution >= 4 is 34.8 Å². The molecule has 2 amide bonds. The Morgan fingerprint density at radius 2 is 1.94 bits per heavy atom. The first-order chi connectivity index (χ1) is 14.9. The molecule has 0 atom stereocenters. The van der Waals surface area contributed by atoms with E-state index in [0.29, 0.717) is 18.5 Å². The molecule has 2 aromatic rings. The third-order valence-electron chi connectivity index (χ3n) is 4.70. The number of nitro benzene ring substituents is 1. The van der Waals surface area contributed by atoms with E-state index in [2.05, 4.69) is 5.32 Å². The first-order valence-electron chi connectivity index (χ1n) is 9.54. The van der Waals surface area contributed by atoms with Gasteiger partial charge in [0.15, 0.2) is 6.61 Å². The third-order valence-corrected chi connectivity index (χ3v) is 4.70. The van der Waals surface area contributed by atoms with E-state index in [-0.39, 0.29) is 29.5 Å². The number of carbonyl (C=O) groups is 3. The number of anilines is 2. The Morgan fingerprint density at radius 3 is 2.55 bits per heavy atom. The van der Waals surface area contributed by atoms with E-state index in [1.54, 1.807) is 29.2 Å². The van der Waals surface area contributed by atoms with Crippen molar-refractivity contribution in [2.24, 2.45) is 0 Å². The third kappa shape index (κ3) is 5.56. The zero-order valence-electron chi connectivity index (χ0n) is 16.8. The number of nitro groups is 1. The van der Waals surface area contributed by atoms with Gasteiger partial charge >= 0.3 is 5.97 Å². The number of non-ortho nitro benzene ring substituents is 1. The van der Waals surface area contributed by atoms with Crippen LogP contribution in [0.4, 0.5) is 17.1 Å². The van der Waals surface area contributed by atoms with Crippen LogP contribution in [0.15, 0.2) is 42.5 Å². The molecule has 1 aliphatic heterocycles. The number of ether oxygens (including phenoxy) is 2. The Morgan fingerprint density at radius 1 is 1.19 bits per heavy atom. The van der Waals surface area contributed by atoms with Crippen molar-refractivity contribution < 1.29 is 28.8 Å². The maximum Gasteiger partial charge on any atom is 0.310 e. The summed E-state index contributed by atoms with van der Waals surface area (Å²) in [6, 6.07) is 10.8. The quantitative estimate of drug-likeness (QED) is 0.389. The Balaban J connectivity index is 1.50. The molecule has 1 heterocycles. The van der Waals surface area contributed by atoms with Crippen molar-refractivity contribution in [2.45, 2.75) is 19.3 Å². The molecule has 1 aliphatic rings. The zero-order chi connectivity index (χ0) is 22.4. The van der Waals surface area contributed by atoms with Crippen molar-refractivity contribution in [1.82, 2.24) is 0 Å². The van der Waals surface area contributed by atoms with Crippen LogP contribution in [-0.4, -0.2) is 43.0 Å². The van der Waals surface area contributed by atoms with E-state index >= 15 is 0 Å². The van der Waals surface area contributed by atoms with E-state index < -0.39 is 23.4 Å². The van der Waals surface area contributed by atoms with Crippen molar-refractivity contribution in [3.63, 3.8) is 0 Å². The summed E-state index contributed by atoms with van der Waals surface area (Å²) in [6.45, 7) is 0.175. The minimum Gasteiger partial charge on any atom is -0.494 e. The fourth-order valence-electron chi connectivity index (χ4n) is 3.16. The van der Waals surface area contributed by atoms with Crippen molar-refractivity contribution in [3.05, 3.63) is 58.1 Å². The second-order valence-corrected chi connectivity index (χ2v) is 6.84. The van der Waals surface area contributed by atoms with Crippen molar-refractivity contribution in [2.75, 3.05) is 30.5 Å². The van der Waals surface area contributed by atoms with Crippen LogP contribution in [0.2, 0.25) is 0 Å². The average molecular weight is 427 g/mol. The van der Waals surface area contributed by atoms with Gasteiger partial charge in [0.2, 0.25) is 5.91 Å². The Hall–Kier alpha value is -3.95. The van der Waals surface area contributed by atoms with E-state index in [4.69, 9.17) is 9.47 Å². The predicted octanol–water partition coefficient (Wildman–Crippen LogP) is 2.45. The molecule has 1 N–H and O–H groups in total. The van der Waals surface area contributed by atoms with Crippen LogP contribution in [0.25, 0.3) is 0 Å². The average Bonchev–Trinajstić information content (AvgIpc) is 3.19. The van der Waals surface area contributed by atoms with Gasteiger partial charge in [-0.2, -0.15) is 0 Å². The summed E-state index contributed by atoms with van der Waals surface area (Å²) in [5.41, 5.74) is 1.52. The summed E-state index contributed by atoms with van der Waals surface area (Å²) >= 11 is 0. The molecule has 0 unspecified atom stereocenters. The zero-order valence-corrected chi connectivity index (χ0v) is 16.8. The number of nitrogens with one attached hydrogen (secondary N) is 1. The fraction of sp³-hybridized carbons (Fsp3) is 0.286. The minimum absolute atomic E-state index is 0.0254. The molecular formula is C21H21N3O7. The number of rotatable bonds is 8. The Labute approximate surface area is 177 Å². The molecule has 31 heavy (non-hydrogen) atoms. The molecule has 0 spiro atoms. The number of methoxy groups -OCH3 is 1. The molecule has 3 rings (SSSR count). The number of carbonyl (C=O) groups excluding carboxylic acids is 3. The second kappa shape index (κ2) is 9.70. The highest BCUT2D eigenvalue weighted by Crippen LogP contribution is 2.29. The highest BCUT2D eigenvalue weighted by Gasteiger charge is 2.21. The van der Waals surface area contributed by atoms with Gasteiger partial charge in [-0.1, -0.05) is 12.1 Å². The van der Waals surface area contributed by atoms with E-state index in [0.717, 1.165) is 12.1 Å². The number of hydrogen-bond donors (Lipinski definition) is 1. The Kier molecular flexibility index (Phi) is 6.81. The summed E-state index contributed by atoms with van der Waals surface area (Å²) in [4.78, 5) is 47.8. The van der Waals surface area contributed by atoms with Crippen LogP contribution in [0.1, 0.15) is 18.4 Å². The van der Waals surface area contributed by atoms with Crippen LogP contribution in [-0.2, 0) is 25.5 Å². The lowest BCUT2D eigenvalue weighted by Gasteiger charge is -2.15. The van der Waals surface area contributed by atoms with E-state index in [9.17, 15) is 24.5 Å². The molecule has 0 radical (unpaired) electrons. The van der Waals surface area contributed by atoms with Crippen LogP contribution >= 0.6 is 0 Å². The Bertz CT molecular complexity index is 1000. The number of nitrogens with zero attached hydrogens (tertiary/aromatic N) is 2. The van der Waals surface area contributed by atoms with Gasteiger partial charge in [-0.25, -0.2) is 0 Å². The normalized spacial score (nSPS) is 13.1. The van der Waals surface area contributed by atoms with Crippen LogP contribution in [0.5, 0.6) is 5.75 Å². The maximum atomic E-state index is 12.1. The predicted molar refractivity (Wildman–Crippen MR) is 111 cm³/mol. The van der Waals surface area contributed by atoms with Crippen molar-refractivity contribution in [1.29, 1.82) is 0 Å². The smallest absolute Gasteiger partial charge is 0.310 e. The van der Waals surface area contributed by atoms with Gasteiger partial charge in [0.25, 0.3) is 11.6 Å². The molecule has 0 bridgehead atoms. The number of esters is 1. The molecule has 10 nitrogen and oxygen atoms in total. The molecule has 0 saturated carbocycles. The second-order valence-electron chi connectivity index (χ2n) is 6.84. The fourth-order valence-corrected chi connectivity index (χ4v) is 3.16. The van der Waals surface area contributed by atoms with Gasteiger partial charge in [-0.3, -0.25) is 24.5 Å². The molecule has 2 aromatic carbocycles. The first-order valence-corrected chi connectivity index (χ1v) is 9.54. The van der Waals surface area contributed by atoms with Crippen molar-refractivity contribution in [3.8, 4) is 5.75 Å². The molecule has 1 fully saturated rings. The lowest BCUT2D eigenvalue weighted by atomic mass is 10.1. The lowest BCUT2D eigenvalue weighted by molar-refractivity contribution is -0.384. The molecule has 0 aliphatic carbocycles. The van der Waals surface area contributed by atoms with Gasteiger partial charge < -0.3 is 19.7 Å². The monoisotopic (exact) mass is 427 g/mol. The number of benzene rings is 2. The molecule has 0 aromatic heterocycles. The van der Waals surface area contributed by atoms with Crippen LogP contribution < -0.4 is 15.0 Å². The maximum absolute atomic E-state index is 12.1. The van der Waals surface area contributed by atoms with Gasteiger partial charge in [-0.15, -0.1) is 0 Å². The van der Waals surface area contributed by atoms with Gasteiger partial charge in [0.1, 0.15) is 5.75 Å². The lowest BCUT2D eigenvalue weighted by Crippen LogP contribution is -2.23. The summed E-state index contributed by atoms with van der Waals surface area (Å²) in [5, 5.41) is 13.3.